The van der Waals surface area contributed by atoms with Crippen LogP contribution in [0.3, 0.4) is 0 Å². The van der Waals surface area contributed by atoms with Crippen LogP contribution in [0.2, 0.25) is 0 Å². The van der Waals surface area contributed by atoms with E-state index in [1.54, 1.807) is 0 Å². The summed E-state index contributed by atoms with van der Waals surface area (Å²) in [5.41, 5.74) is 1.24. The largest absolute Gasteiger partial charge is 0.370 e. The molecule has 76 valence electrons. The molecule has 1 aliphatic carbocycles. The number of rotatable bonds is 3. The molecule has 0 atom stereocenters. The van der Waals surface area contributed by atoms with E-state index in [4.69, 9.17) is 11.6 Å². The Morgan fingerprint density at radius 1 is 1.57 bits per heavy atom. The molecular weight excluding hydrogens is 196 g/mol. The van der Waals surface area contributed by atoms with Gasteiger partial charge in [0.25, 0.3) is 0 Å². The van der Waals surface area contributed by atoms with Crippen molar-refractivity contribution in [2.24, 2.45) is 5.92 Å². The summed E-state index contributed by atoms with van der Waals surface area (Å²) in [5, 5.41) is 3.75. The lowest BCUT2D eigenvalue weighted by Gasteiger charge is -2.31. The molecule has 3 heteroatoms. The second-order valence-corrected chi connectivity index (χ2v) is 4.65. The number of nitrogens with one attached hydrogen (secondary N) is 1. The molecule has 2 rings (SSSR count). The molecule has 1 saturated carbocycles. The van der Waals surface area contributed by atoms with Crippen molar-refractivity contribution in [1.82, 2.24) is 4.98 Å². The first-order valence-electron chi connectivity index (χ1n) is 5.04. The van der Waals surface area contributed by atoms with Crippen molar-refractivity contribution in [1.29, 1.82) is 0 Å². The van der Waals surface area contributed by atoms with E-state index in [9.17, 15) is 0 Å². The van der Waals surface area contributed by atoms with Crippen molar-refractivity contribution < 1.29 is 0 Å². The Hall–Kier alpha value is -0.760. The monoisotopic (exact) mass is 210 g/mol. The summed E-state index contributed by atoms with van der Waals surface area (Å²) in [4.78, 5) is 4.24. The van der Waals surface area contributed by atoms with Crippen LogP contribution in [0.1, 0.15) is 18.4 Å². The highest BCUT2D eigenvalue weighted by molar-refractivity contribution is 6.21. The van der Waals surface area contributed by atoms with Gasteiger partial charge in [0.05, 0.1) is 0 Å². The molecule has 0 bridgehead atoms. The Morgan fingerprint density at radius 3 is 3.00 bits per heavy atom. The summed E-state index contributed by atoms with van der Waals surface area (Å²) in [5.74, 6) is 1.71. The van der Waals surface area contributed by atoms with Gasteiger partial charge in [0.2, 0.25) is 0 Å². The summed E-state index contributed by atoms with van der Waals surface area (Å²) in [6, 6.07) is 4.07. The van der Waals surface area contributed by atoms with E-state index in [0.29, 0.717) is 5.38 Å². The number of aromatic nitrogens is 1. The van der Waals surface area contributed by atoms with E-state index in [0.717, 1.165) is 31.1 Å². The van der Waals surface area contributed by atoms with Gasteiger partial charge >= 0.3 is 0 Å². The summed E-state index contributed by atoms with van der Waals surface area (Å²) >= 11 is 5.91. The zero-order valence-corrected chi connectivity index (χ0v) is 9.09. The smallest absolute Gasteiger partial charge is 0.126 e. The molecule has 1 aromatic heterocycles. The number of anilines is 1. The number of aryl methyl sites for hydroxylation is 1. The SMILES string of the molecule is Cc1ccnc(NCC2CC(Cl)C2)c1. The van der Waals surface area contributed by atoms with Crippen LogP contribution < -0.4 is 5.32 Å². The van der Waals surface area contributed by atoms with Gasteiger partial charge in [-0.05, 0) is 43.4 Å². The topological polar surface area (TPSA) is 24.9 Å². The van der Waals surface area contributed by atoms with Gasteiger partial charge in [-0.2, -0.15) is 0 Å². The maximum absolute atomic E-state index is 5.91. The van der Waals surface area contributed by atoms with Crippen molar-refractivity contribution in [2.75, 3.05) is 11.9 Å². The molecule has 1 aromatic rings. The highest BCUT2D eigenvalue weighted by atomic mass is 35.5. The average Bonchev–Trinajstić information content (AvgIpc) is 2.11. The standard InChI is InChI=1S/C11H15ClN2/c1-8-2-3-13-11(4-8)14-7-9-5-10(12)6-9/h2-4,9-10H,5-7H2,1H3,(H,13,14). The Bertz CT molecular complexity index is 308. The molecule has 0 spiro atoms. The predicted octanol–water partition coefficient (Wildman–Crippen LogP) is 2.82. The average molecular weight is 211 g/mol. The van der Waals surface area contributed by atoms with Crippen molar-refractivity contribution in [3.63, 3.8) is 0 Å². The summed E-state index contributed by atoms with van der Waals surface area (Å²) < 4.78 is 0. The maximum atomic E-state index is 5.91. The molecule has 0 amide bonds. The molecule has 0 aromatic carbocycles. The molecule has 1 heterocycles. The van der Waals surface area contributed by atoms with Crippen molar-refractivity contribution in [2.45, 2.75) is 25.1 Å². The van der Waals surface area contributed by atoms with Gasteiger partial charge in [0.15, 0.2) is 0 Å². The molecule has 0 aliphatic heterocycles. The lowest BCUT2D eigenvalue weighted by Crippen LogP contribution is -2.30. The van der Waals surface area contributed by atoms with Crippen LogP contribution in [0.4, 0.5) is 5.82 Å². The normalized spacial score (nSPS) is 25.6. The Morgan fingerprint density at radius 2 is 2.36 bits per heavy atom. The minimum Gasteiger partial charge on any atom is -0.370 e. The lowest BCUT2D eigenvalue weighted by atomic mass is 9.85. The molecule has 0 unspecified atom stereocenters. The highest BCUT2D eigenvalue weighted by Gasteiger charge is 2.26. The number of halogens is 1. The first kappa shape index (κ1) is 9.78. The Balaban J connectivity index is 1.80. The zero-order valence-electron chi connectivity index (χ0n) is 8.33. The van der Waals surface area contributed by atoms with Crippen molar-refractivity contribution in [3.05, 3.63) is 23.9 Å². The van der Waals surface area contributed by atoms with Gasteiger partial charge in [-0.1, -0.05) is 0 Å². The van der Waals surface area contributed by atoms with Crippen LogP contribution in [0, 0.1) is 12.8 Å². The van der Waals surface area contributed by atoms with Crippen molar-refractivity contribution >= 4 is 17.4 Å². The van der Waals surface area contributed by atoms with Crippen molar-refractivity contribution in [3.8, 4) is 0 Å². The van der Waals surface area contributed by atoms with Crippen LogP contribution in [0.25, 0.3) is 0 Å². The summed E-state index contributed by atoms with van der Waals surface area (Å²) in [6.07, 6.45) is 4.11. The van der Waals surface area contributed by atoms with Gasteiger partial charge in [0.1, 0.15) is 5.82 Å². The molecule has 14 heavy (non-hydrogen) atoms. The van der Waals surface area contributed by atoms with Crippen LogP contribution in [-0.4, -0.2) is 16.9 Å². The third-order valence-corrected chi connectivity index (χ3v) is 3.02. The highest BCUT2D eigenvalue weighted by Crippen LogP contribution is 2.31. The lowest BCUT2D eigenvalue weighted by molar-refractivity contribution is 0.341. The molecule has 1 aliphatic rings. The molecule has 1 N–H and O–H groups in total. The second-order valence-electron chi connectivity index (χ2n) is 4.03. The van der Waals surface area contributed by atoms with E-state index in [-0.39, 0.29) is 0 Å². The Kier molecular flexibility index (Phi) is 2.92. The fraction of sp³-hybridized carbons (Fsp3) is 0.545. The molecule has 2 nitrogen and oxygen atoms in total. The van der Waals surface area contributed by atoms with Crippen LogP contribution in [0.5, 0.6) is 0 Å². The summed E-state index contributed by atoms with van der Waals surface area (Å²) in [7, 11) is 0. The van der Waals surface area contributed by atoms with E-state index >= 15 is 0 Å². The Labute approximate surface area is 89.7 Å². The predicted molar refractivity (Wildman–Crippen MR) is 59.8 cm³/mol. The van der Waals surface area contributed by atoms with Gasteiger partial charge in [-0.3, -0.25) is 0 Å². The number of hydrogen-bond acceptors (Lipinski definition) is 2. The first-order valence-corrected chi connectivity index (χ1v) is 5.48. The molecule has 0 radical (unpaired) electrons. The third kappa shape index (κ3) is 2.38. The molecule has 1 fully saturated rings. The van der Waals surface area contributed by atoms with E-state index in [2.05, 4.69) is 23.3 Å². The van der Waals surface area contributed by atoms with E-state index in [1.165, 1.54) is 5.56 Å². The molecular formula is C11H15ClN2. The van der Waals surface area contributed by atoms with Gasteiger partial charge in [0, 0.05) is 18.1 Å². The van der Waals surface area contributed by atoms with Crippen LogP contribution in [0.15, 0.2) is 18.3 Å². The number of pyridine rings is 1. The van der Waals surface area contributed by atoms with E-state index < -0.39 is 0 Å². The fourth-order valence-corrected chi connectivity index (χ4v) is 2.21. The number of nitrogens with zero attached hydrogens (tertiary/aromatic N) is 1. The quantitative estimate of drug-likeness (QED) is 0.777. The number of alkyl halides is 1. The van der Waals surface area contributed by atoms with Gasteiger partial charge < -0.3 is 5.32 Å². The maximum Gasteiger partial charge on any atom is 0.126 e. The van der Waals surface area contributed by atoms with Crippen LogP contribution >= 0.6 is 11.6 Å². The molecule has 0 saturated heterocycles. The third-order valence-electron chi connectivity index (χ3n) is 2.67. The summed E-state index contributed by atoms with van der Waals surface area (Å²) in [6.45, 7) is 3.07. The number of hydrogen-bond donors (Lipinski definition) is 1. The van der Waals surface area contributed by atoms with Gasteiger partial charge in [-0.25, -0.2) is 4.98 Å². The van der Waals surface area contributed by atoms with Gasteiger partial charge in [-0.15, -0.1) is 11.6 Å². The first-order chi connectivity index (χ1) is 6.74. The minimum absolute atomic E-state index is 0.410. The fourth-order valence-electron chi connectivity index (χ4n) is 1.70. The minimum atomic E-state index is 0.410. The second kappa shape index (κ2) is 4.18. The zero-order chi connectivity index (χ0) is 9.97. The van der Waals surface area contributed by atoms with E-state index in [1.807, 2.05) is 12.3 Å². The van der Waals surface area contributed by atoms with Crippen LogP contribution in [-0.2, 0) is 0 Å².